The molecule has 0 spiro atoms. The number of oxime groups is 1. The van der Waals surface area contributed by atoms with Crippen LogP contribution in [0.1, 0.15) is 30.9 Å². The molecule has 0 amide bonds. The van der Waals surface area contributed by atoms with Crippen LogP contribution in [-0.2, 0) is 11.3 Å². The van der Waals surface area contributed by atoms with E-state index in [1.807, 2.05) is 31.2 Å². The zero-order valence-corrected chi connectivity index (χ0v) is 14.4. The molecule has 0 N–H and O–H groups in total. The summed E-state index contributed by atoms with van der Waals surface area (Å²) in [5.41, 5.74) is 1.93. The molecule has 0 aliphatic rings. The van der Waals surface area contributed by atoms with Gasteiger partial charge in [0.15, 0.2) is 0 Å². The lowest BCUT2D eigenvalue weighted by atomic mass is 10.0. The van der Waals surface area contributed by atoms with Crippen molar-refractivity contribution in [1.82, 2.24) is 0 Å². The van der Waals surface area contributed by atoms with E-state index >= 15 is 0 Å². The van der Waals surface area contributed by atoms with Gasteiger partial charge in [-0.05, 0) is 61.6 Å². The molecule has 0 heterocycles. The molecule has 5 heteroatoms. The van der Waals surface area contributed by atoms with Gasteiger partial charge in [-0.25, -0.2) is 4.39 Å². The molecule has 0 aromatic heterocycles. The summed E-state index contributed by atoms with van der Waals surface area (Å²) in [7, 11) is 0. The van der Waals surface area contributed by atoms with Crippen LogP contribution in [0.25, 0.3) is 0 Å². The van der Waals surface area contributed by atoms with Gasteiger partial charge in [0.05, 0.1) is 11.6 Å². The third-order valence-corrected chi connectivity index (χ3v) is 3.60. The Hall–Kier alpha value is -2.07. The number of hydrogen-bond donors (Lipinski definition) is 0. The lowest BCUT2D eigenvalue weighted by Gasteiger charge is -2.09. The first-order valence-corrected chi connectivity index (χ1v) is 8.36. The Morgan fingerprint density at radius 2 is 2.00 bits per heavy atom. The Balaban J connectivity index is 1.83. The molecule has 0 aliphatic carbocycles. The minimum atomic E-state index is -0.230. The zero-order chi connectivity index (χ0) is 17.2. The highest BCUT2D eigenvalue weighted by molar-refractivity contribution is 6.32. The topological polar surface area (TPSA) is 30.8 Å². The molecule has 0 radical (unpaired) electrons. The van der Waals surface area contributed by atoms with Crippen molar-refractivity contribution in [3.63, 3.8) is 0 Å². The predicted octanol–water partition coefficient (Wildman–Crippen LogP) is 5.25. The normalized spacial score (nSPS) is 11.0. The number of unbranched alkanes of at least 4 members (excludes halogenated alkanes) is 1. The molecule has 2 rings (SSSR count). The van der Waals surface area contributed by atoms with E-state index in [1.54, 1.807) is 12.3 Å². The van der Waals surface area contributed by atoms with Crippen molar-refractivity contribution in [1.29, 1.82) is 0 Å². The standard InChI is InChI=1S/C19H21ClFNO2/c1-2-24-22-10-3-4-11-23-19-9-8-16(14-18(19)20)12-15-6-5-7-17(21)13-15/h5-10,13-14H,2-4,11-12H2,1H3. The first kappa shape index (κ1) is 18.3. The van der Waals surface area contributed by atoms with Crippen molar-refractivity contribution >= 4 is 17.8 Å². The van der Waals surface area contributed by atoms with Gasteiger partial charge in [0.1, 0.15) is 18.2 Å². The van der Waals surface area contributed by atoms with Gasteiger partial charge in [0.2, 0.25) is 0 Å². The minimum Gasteiger partial charge on any atom is -0.492 e. The number of nitrogens with zero attached hydrogens (tertiary/aromatic N) is 1. The van der Waals surface area contributed by atoms with Crippen molar-refractivity contribution in [2.45, 2.75) is 26.2 Å². The van der Waals surface area contributed by atoms with E-state index in [0.29, 0.717) is 30.4 Å². The monoisotopic (exact) mass is 349 g/mol. The maximum Gasteiger partial charge on any atom is 0.137 e. The van der Waals surface area contributed by atoms with E-state index in [1.165, 1.54) is 12.1 Å². The van der Waals surface area contributed by atoms with Gasteiger partial charge >= 0.3 is 0 Å². The number of ether oxygens (including phenoxy) is 1. The largest absolute Gasteiger partial charge is 0.492 e. The number of rotatable bonds is 9. The molecule has 0 saturated carbocycles. The summed E-state index contributed by atoms with van der Waals surface area (Å²) in [6.45, 7) is 3.02. The SMILES string of the molecule is CCON=CCCCOc1ccc(Cc2cccc(F)c2)cc1Cl. The fourth-order valence-electron chi connectivity index (χ4n) is 2.19. The lowest BCUT2D eigenvalue weighted by Crippen LogP contribution is -1.99. The Bertz CT molecular complexity index is 676. The molecule has 24 heavy (non-hydrogen) atoms. The summed E-state index contributed by atoms with van der Waals surface area (Å²) in [5, 5.41) is 4.34. The first-order chi connectivity index (χ1) is 11.7. The van der Waals surface area contributed by atoms with Crippen LogP contribution in [0.2, 0.25) is 5.02 Å². The molecule has 128 valence electrons. The number of hydrogen-bond acceptors (Lipinski definition) is 3. The van der Waals surface area contributed by atoms with Crippen molar-refractivity contribution < 1.29 is 14.0 Å². The Morgan fingerprint density at radius 1 is 1.17 bits per heavy atom. The Morgan fingerprint density at radius 3 is 2.75 bits per heavy atom. The minimum absolute atomic E-state index is 0.230. The molecule has 0 bridgehead atoms. The van der Waals surface area contributed by atoms with Crippen molar-refractivity contribution in [2.24, 2.45) is 5.16 Å². The van der Waals surface area contributed by atoms with E-state index in [0.717, 1.165) is 24.0 Å². The van der Waals surface area contributed by atoms with Crippen LogP contribution < -0.4 is 4.74 Å². The molecule has 2 aromatic rings. The van der Waals surface area contributed by atoms with E-state index in [2.05, 4.69) is 5.16 Å². The average molecular weight is 350 g/mol. The Kier molecular flexibility index (Phi) is 7.56. The van der Waals surface area contributed by atoms with Crippen LogP contribution in [0.4, 0.5) is 4.39 Å². The maximum absolute atomic E-state index is 13.2. The van der Waals surface area contributed by atoms with E-state index in [4.69, 9.17) is 21.2 Å². The summed E-state index contributed by atoms with van der Waals surface area (Å²) in [4.78, 5) is 4.87. The van der Waals surface area contributed by atoms with Crippen molar-refractivity contribution in [3.05, 3.63) is 64.4 Å². The van der Waals surface area contributed by atoms with Gasteiger partial charge in [-0.1, -0.05) is 35.0 Å². The van der Waals surface area contributed by atoms with E-state index in [9.17, 15) is 4.39 Å². The van der Waals surface area contributed by atoms with Gasteiger partial charge in [0.25, 0.3) is 0 Å². The second kappa shape index (κ2) is 9.93. The van der Waals surface area contributed by atoms with Gasteiger partial charge in [-0.2, -0.15) is 0 Å². The summed E-state index contributed by atoms with van der Waals surface area (Å²) in [6.07, 6.45) is 3.98. The predicted molar refractivity (Wildman–Crippen MR) is 95.5 cm³/mol. The molecule has 0 unspecified atom stereocenters. The van der Waals surface area contributed by atoms with E-state index in [-0.39, 0.29) is 5.82 Å². The summed E-state index contributed by atoms with van der Waals surface area (Å²) < 4.78 is 18.9. The quantitative estimate of drug-likeness (QED) is 0.351. The second-order valence-electron chi connectivity index (χ2n) is 5.27. The molecular formula is C19H21ClFNO2. The highest BCUT2D eigenvalue weighted by Crippen LogP contribution is 2.26. The van der Waals surface area contributed by atoms with Gasteiger partial charge in [-0.3, -0.25) is 0 Å². The highest BCUT2D eigenvalue weighted by atomic mass is 35.5. The summed E-state index contributed by atoms with van der Waals surface area (Å²) in [5.74, 6) is 0.424. The molecule has 0 saturated heterocycles. The second-order valence-corrected chi connectivity index (χ2v) is 5.68. The fourth-order valence-corrected chi connectivity index (χ4v) is 2.45. The summed E-state index contributed by atoms with van der Waals surface area (Å²) in [6, 6.07) is 12.2. The Labute approximate surface area is 147 Å². The summed E-state index contributed by atoms with van der Waals surface area (Å²) >= 11 is 6.26. The smallest absolute Gasteiger partial charge is 0.137 e. The number of benzene rings is 2. The molecule has 0 fully saturated rings. The van der Waals surface area contributed by atoms with E-state index < -0.39 is 0 Å². The zero-order valence-electron chi connectivity index (χ0n) is 13.7. The fraction of sp³-hybridized carbons (Fsp3) is 0.316. The van der Waals surface area contributed by atoms with Crippen LogP contribution in [0.5, 0.6) is 5.75 Å². The molecule has 0 atom stereocenters. The molecule has 2 aromatic carbocycles. The van der Waals surface area contributed by atoms with Crippen LogP contribution in [0, 0.1) is 5.82 Å². The van der Waals surface area contributed by atoms with Crippen LogP contribution in [0.15, 0.2) is 47.6 Å². The van der Waals surface area contributed by atoms with Crippen molar-refractivity contribution in [3.8, 4) is 5.75 Å². The van der Waals surface area contributed by atoms with Gasteiger partial charge < -0.3 is 9.57 Å². The lowest BCUT2D eigenvalue weighted by molar-refractivity contribution is 0.159. The molecular weight excluding hydrogens is 329 g/mol. The van der Waals surface area contributed by atoms with Gasteiger partial charge in [-0.15, -0.1) is 0 Å². The van der Waals surface area contributed by atoms with Crippen LogP contribution >= 0.6 is 11.6 Å². The first-order valence-electron chi connectivity index (χ1n) is 7.98. The van der Waals surface area contributed by atoms with Crippen LogP contribution in [0.3, 0.4) is 0 Å². The number of halogens is 2. The molecule has 0 aliphatic heterocycles. The third kappa shape index (κ3) is 6.20. The highest BCUT2D eigenvalue weighted by Gasteiger charge is 2.05. The van der Waals surface area contributed by atoms with Crippen molar-refractivity contribution in [2.75, 3.05) is 13.2 Å². The maximum atomic E-state index is 13.2. The average Bonchev–Trinajstić information content (AvgIpc) is 2.56. The van der Waals surface area contributed by atoms with Crippen LogP contribution in [-0.4, -0.2) is 19.4 Å². The molecule has 3 nitrogen and oxygen atoms in total. The van der Waals surface area contributed by atoms with Gasteiger partial charge in [0, 0.05) is 6.21 Å². The third-order valence-electron chi connectivity index (χ3n) is 3.31.